The van der Waals surface area contributed by atoms with Gasteiger partial charge in [0.05, 0.1) is 19.8 Å². The molecule has 1 atom stereocenters. The van der Waals surface area contributed by atoms with Crippen molar-refractivity contribution in [3.05, 3.63) is 23.9 Å². The minimum atomic E-state index is -0.253. The van der Waals surface area contributed by atoms with Gasteiger partial charge in [0.25, 0.3) is 5.91 Å². The highest BCUT2D eigenvalue weighted by Crippen LogP contribution is 2.28. The molecule has 0 saturated carbocycles. The highest BCUT2D eigenvalue weighted by atomic mass is 16.5. The maximum absolute atomic E-state index is 12.4. The summed E-state index contributed by atoms with van der Waals surface area (Å²) in [7, 11) is 0. The first kappa shape index (κ1) is 15.4. The van der Waals surface area contributed by atoms with Gasteiger partial charge in [0, 0.05) is 31.6 Å². The average Bonchev–Trinajstić information content (AvgIpc) is 3.16. The second kappa shape index (κ2) is 6.39. The van der Waals surface area contributed by atoms with Crippen LogP contribution in [0.5, 0.6) is 5.88 Å². The number of imide groups is 1. The number of hydrogen-bond acceptors (Lipinski definition) is 5. The lowest BCUT2D eigenvalue weighted by Gasteiger charge is -2.23. The second-order valence-electron chi connectivity index (χ2n) is 6.49. The van der Waals surface area contributed by atoms with Gasteiger partial charge in [-0.15, -0.1) is 0 Å². The Balaban J connectivity index is 1.44. The van der Waals surface area contributed by atoms with E-state index in [9.17, 15) is 9.59 Å². The first-order chi connectivity index (χ1) is 11.7. The third kappa shape index (κ3) is 2.84. The molecule has 3 aliphatic rings. The van der Waals surface area contributed by atoms with Gasteiger partial charge in [-0.25, -0.2) is 9.78 Å². The van der Waals surface area contributed by atoms with Crippen LogP contribution < -0.4 is 4.74 Å². The van der Waals surface area contributed by atoms with Crippen LogP contribution in [0.4, 0.5) is 4.79 Å². The van der Waals surface area contributed by atoms with Gasteiger partial charge in [0.15, 0.2) is 0 Å². The highest BCUT2D eigenvalue weighted by molar-refractivity contribution is 6.04. The molecule has 1 aromatic heterocycles. The monoisotopic (exact) mass is 331 g/mol. The van der Waals surface area contributed by atoms with E-state index < -0.39 is 0 Å². The summed E-state index contributed by atoms with van der Waals surface area (Å²) in [5, 5.41) is 0. The molecule has 0 N–H and O–H groups in total. The number of carbonyl (C=O) groups excluding carboxylic acids is 2. The quantitative estimate of drug-likeness (QED) is 0.783. The molecule has 0 aliphatic carbocycles. The SMILES string of the molecule is O=C1[C@@H]2CCCN2C(=O)N1Cc1ccnc(OC2CCOCC2)c1. The molecule has 3 amide bonds. The average molecular weight is 331 g/mol. The first-order valence-electron chi connectivity index (χ1n) is 8.54. The van der Waals surface area contributed by atoms with Gasteiger partial charge in [0.2, 0.25) is 5.88 Å². The number of pyridine rings is 1. The summed E-state index contributed by atoms with van der Waals surface area (Å²) >= 11 is 0. The molecule has 0 bridgehead atoms. The molecule has 3 aliphatic heterocycles. The minimum Gasteiger partial charge on any atom is -0.474 e. The third-order valence-corrected chi connectivity index (χ3v) is 4.88. The number of carbonyl (C=O) groups is 2. The van der Waals surface area contributed by atoms with Crippen molar-refractivity contribution in [1.82, 2.24) is 14.8 Å². The Hall–Kier alpha value is -2.15. The van der Waals surface area contributed by atoms with Crippen LogP contribution in [0.3, 0.4) is 0 Å². The molecule has 0 spiro atoms. The molecule has 4 heterocycles. The molecule has 7 nitrogen and oxygen atoms in total. The van der Waals surface area contributed by atoms with E-state index >= 15 is 0 Å². The number of amides is 3. The summed E-state index contributed by atoms with van der Waals surface area (Å²) in [6.07, 6.45) is 5.17. The maximum Gasteiger partial charge on any atom is 0.327 e. The Kier molecular flexibility index (Phi) is 4.10. The summed E-state index contributed by atoms with van der Waals surface area (Å²) in [6, 6.07) is 3.21. The van der Waals surface area contributed by atoms with Crippen molar-refractivity contribution in [3.8, 4) is 5.88 Å². The van der Waals surface area contributed by atoms with Gasteiger partial charge >= 0.3 is 6.03 Å². The largest absolute Gasteiger partial charge is 0.474 e. The number of rotatable bonds is 4. The van der Waals surface area contributed by atoms with Crippen LogP contribution in [0, 0.1) is 0 Å². The zero-order chi connectivity index (χ0) is 16.5. The predicted molar refractivity (Wildman–Crippen MR) is 84.4 cm³/mol. The summed E-state index contributed by atoms with van der Waals surface area (Å²) in [5.74, 6) is 0.459. The zero-order valence-corrected chi connectivity index (χ0v) is 13.5. The fraction of sp³-hybridized carbons (Fsp3) is 0.588. The van der Waals surface area contributed by atoms with Crippen molar-refractivity contribution in [1.29, 1.82) is 0 Å². The predicted octanol–water partition coefficient (Wildman–Crippen LogP) is 1.57. The standard InChI is InChI=1S/C17H21N3O4/c21-16-14-2-1-7-19(14)17(22)20(16)11-12-3-6-18-15(10-12)24-13-4-8-23-9-5-13/h3,6,10,13-14H,1-2,4-5,7-9,11H2/t14-/m0/s1. The van der Waals surface area contributed by atoms with E-state index in [4.69, 9.17) is 9.47 Å². The van der Waals surface area contributed by atoms with Crippen LogP contribution in [0.25, 0.3) is 0 Å². The van der Waals surface area contributed by atoms with Gasteiger partial charge in [-0.2, -0.15) is 0 Å². The number of fused-ring (bicyclic) bond motifs is 1. The lowest BCUT2D eigenvalue weighted by atomic mass is 10.1. The van der Waals surface area contributed by atoms with Crippen molar-refractivity contribution in [2.75, 3.05) is 19.8 Å². The van der Waals surface area contributed by atoms with E-state index in [0.717, 1.165) is 31.2 Å². The molecule has 24 heavy (non-hydrogen) atoms. The number of ether oxygens (including phenoxy) is 2. The lowest BCUT2D eigenvalue weighted by molar-refractivity contribution is -0.128. The summed E-state index contributed by atoms with van der Waals surface area (Å²) in [4.78, 5) is 32.0. The molecule has 1 aromatic rings. The third-order valence-electron chi connectivity index (χ3n) is 4.88. The van der Waals surface area contributed by atoms with Crippen molar-refractivity contribution in [2.45, 2.75) is 44.4 Å². The summed E-state index contributed by atoms with van der Waals surface area (Å²) in [5.41, 5.74) is 0.856. The van der Waals surface area contributed by atoms with Gasteiger partial charge in [-0.1, -0.05) is 0 Å². The Morgan fingerprint density at radius 3 is 2.88 bits per heavy atom. The van der Waals surface area contributed by atoms with Crippen LogP contribution >= 0.6 is 0 Å². The van der Waals surface area contributed by atoms with Crippen molar-refractivity contribution >= 4 is 11.9 Å². The summed E-state index contributed by atoms with van der Waals surface area (Å²) in [6.45, 7) is 2.37. The van der Waals surface area contributed by atoms with Gasteiger partial charge in [0.1, 0.15) is 12.1 Å². The molecular formula is C17H21N3O4. The van der Waals surface area contributed by atoms with Gasteiger partial charge in [-0.3, -0.25) is 9.69 Å². The molecule has 0 unspecified atom stereocenters. The molecule has 3 saturated heterocycles. The van der Waals surface area contributed by atoms with Crippen molar-refractivity contribution in [2.24, 2.45) is 0 Å². The highest BCUT2D eigenvalue weighted by Gasteiger charge is 2.47. The van der Waals surface area contributed by atoms with Gasteiger partial charge < -0.3 is 14.4 Å². The van der Waals surface area contributed by atoms with Crippen LogP contribution in [0.2, 0.25) is 0 Å². The molecule has 128 valence electrons. The van der Waals surface area contributed by atoms with E-state index in [0.29, 0.717) is 25.6 Å². The number of nitrogens with zero attached hydrogens (tertiary/aromatic N) is 3. The lowest BCUT2D eigenvalue weighted by Crippen LogP contribution is -2.32. The first-order valence-corrected chi connectivity index (χ1v) is 8.54. The van der Waals surface area contributed by atoms with Crippen molar-refractivity contribution < 1.29 is 19.1 Å². The minimum absolute atomic E-state index is 0.0822. The molecule has 7 heteroatoms. The number of urea groups is 1. The molecule has 3 fully saturated rings. The second-order valence-corrected chi connectivity index (χ2v) is 6.49. The Labute approximate surface area is 140 Å². The van der Waals surface area contributed by atoms with Crippen LogP contribution in [0.1, 0.15) is 31.2 Å². The Morgan fingerprint density at radius 1 is 1.25 bits per heavy atom. The van der Waals surface area contributed by atoms with E-state index in [1.807, 2.05) is 12.1 Å². The molecule has 4 rings (SSSR count). The normalized spacial score (nSPS) is 24.6. The zero-order valence-electron chi connectivity index (χ0n) is 13.5. The van der Waals surface area contributed by atoms with E-state index in [-0.39, 0.29) is 30.6 Å². The maximum atomic E-state index is 12.4. The smallest absolute Gasteiger partial charge is 0.327 e. The fourth-order valence-corrected chi connectivity index (χ4v) is 3.59. The van der Waals surface area contributed by atoms with Crippen molar-refractivity contribution in [3.63, 3.8) is 0 Å². The van der Waals surface area contributed by atoms with Crippen LogP contribution in [0.15, 0.2) is 18.3 Å². The molecule has 0 aromatic carbocycles. The number of aromatic nitrogens is 1. The topological polar surface area (TPSA) is 72.0 Å². The molecular weight excluding hydrogens is 310 g/mol. The Morgan fingerprint density at radius 2 is 2.08 bits per heavy atom. The van der Waals surface area contributed by atoms with Crippen LogP contribution in [-0.2, 0) is 16.1 Å². The van der Waals surface area contributed by atoms with Gasteiger partial charge in [-0.05, 0) is 24.5 Å². The molecule has 0 radical (unpaired) electrons. The summed E-state index contributed by atoms with van der Waals surface area (Å²) < 4.78 is 11.2. The number of hydrogen-bond donors (Lipinski definition) is 0. The fourth-order valence-electron chi connectivity index (χ4n) is 3.59. The Bertz CT molecular complexity index is 622. The van der Waals surface area contributed by atoms with E-state index in [1.54, 1.807) is 11.1 Å². The van der Waals surface area contributed by atoms with E-state index in [1.165, 1.54) is 4.90 Å². The van der Waals surface area contributed by atoms with E-state index in [2.05, 4.69) is 4.98 Å². The van der Waals surface area contributed by atoms with Crippen LogP contribution in [-0.4, -0.2) is 58.6 Å².